The minimum Gasteiger partial charge on any atom is -0.506 e. The van der Waals surface area contributed by atoms with Gasteiger partial charge in [0.05, 0.1) is 11.3 Å². The van der Waals surface area contributed by atoms with Crippen LogP contribution in [0, 0.1) is 0 Å². The lowest BCUT2D eigenvalue weighted by Crippen LogP contribution is -2.34. The summed E-state index contributed by atoms with van der Waals surface area (Å²) in [6.07, 6.45) is 0. The first kappa shape index (κ1) is 12.8. The third-order valence-corrected chi connectivity index (χ3v) is 1.91. The molecule has 17 heavy (non-hydrogen) atoms. The van der Waals surface area contributed by atoms with E-state index in [4.69, 9.17) is 5.11 Å². The molecule has 2 amide bonds. The second-order valence-corrected chi connectivity index (χ2v) is 3.79. The van der Waals surface area contributed by atoms with E-state index in [0.717, 1.165) is 0 Å². The topological polar surface area (TPSA) is 98.7 Å². The van der Waals surface area contributed by atoms with Crippen molar-refractivity contribution in [2.24, 2.45) is 0 Å². The average molecular weight is 238 g/mol. The molecular weight excluding hydrogens is 224 g/mol. The molecule has 0 bridgehead atoms. The fourth-order valence-electron chi connectivity index (χ4n) is 1.19. The quantitative estimate of drug-likeness (QED) is 0.601. The van der Waals surface area contributed by atoms with Gasteiger partial charge in [-0.3, -0.25) is 0 Å². The van der Waals surface area contributed by atoms with Crippen molar-refractivity contribution in [1.82, 2.24) is 5.32 Å². The Morgan fingerprint density at radius 2 is 1.94 bits per heavy atom. The van der Waals surface area contributed by atoms with Crippen molar-refractivity contribution in [3.63, 3.8) is 0 Å². The van der Waals surface area contributed by atoms with Crippen molar-refractivity contribution in [1.29, 1.82) is 0 Å². The number of phenols is 1. The molecule has 0 atom stereocenters. The third-order valence-electron chi connectivity index (χ3n) is 1.91. The SMILES string of the molecule is CC(C)NC(=O)Nc1cc(C(=O)O)ccc1O. The molecule has 6 nitrogen and oxygen atoms in total. The number of rotatable bonds is 3. The molecule has 92 valence electrons. The summed E-state index contributed by atoms with van der Waals surface area (Å²) in [6.45, 7) is 3.57. The second-order valence-electron chi connectivity index (χ2n) is 3.79. The molecule has 6 heteroatoms. The minimum absolute atomic E-state index is 0.0114. The molecule has 0 saturated heterocycles. The number of aromatic carboxylic acids is 1. The van der Waals surface area contributed by atoms with Gasteiger partial charge in [0, 0.05) is 6.04 Å². The summed E-state index contributed by atoms with van der Waals surface area (Å²) in [5.74, 6) is -1.31. The Bertz CT molecular complexity index is 443. The highest BCUT2D eigenvalue weighted by Crippen LogP contribution is 2.24. The zero-order valence-corrected chi connectivity index (χ0v) is 9.52. The number of hydrogen-bond acceptors (Lipinski definition) is 3. The smallest absolute Gasteiger partial charge is 0.335 e. The molecule has 1 rings (SSSR count). The van der Waals surface area contributed by atoms with Crippen molar-refractivity contribution in [3.8, 4) is 5.75 Å². The van der Waals surface area contributed by atoms with Gasteiger partial charge in [0.15, 0.2) is 0 Å². The summed E-state index contributed by atoms with van der Waals surface area (Å²) in [5.41, 5.74) is 0.0469. The van der Waals surface area contributed by atoms with E-state index in [-0.39, 0.29) is 23.0 Å². The summed E-state index contributed by atoms with van der Waals surface area (Å²) < 4.78 is 0. The lowest BCUT2D eigenvalue weighted by molar-refractivity contribution is 0.0697. The van der Waals surface area contributed by atoms with Crippen molar-refractivity contribution >= 4 is 17.7 Å². The van der Waals surface area contributed by atoms with Gasteiger partial charge in [-0.05, 0) is 32.0 Å². The van der Waals surface area contributed by atoms with E-state index in [0.29, 0.717) is 0 Å². The first-order valence-electron chi connectivity index (χ1n) is 5.04. The number of carbonyl (C=O) groups is 2. The van der Waals surface area contributed by atoms with Gasteiger partial charge in [-0.15, -0.1) is 0 Å². The van der Waals surface area contributed by atoms with Crippen molar-refractivity contribution in [3.05, 3.63) is 23.8 Å². The number of phenolic OH excluding ortho intramolecular Hbond substituents is 1. The number of aromatic hydroxyl groups is 1. The fourth-order valence-corrected chi connectivity index (χ4v) is 1.19. The van der Waals surface area contributed by atoms with Crippen LogP contribution in [-0.2, 0) is 0 Å². The van der Waals surface area contributed by atoms with Crippen LogP contribution in [0.3, 0.4) is 0 Å². The van der Waals surface area contributed by atoms with Crippen LogP contribution in [-0.4, -0.2) is 28.3 Å². The lowest BCUT2D eigenvalue weighted by atomic mass is 10.2. The van der Waals surface area contributed by atoms with Crippen molar-refractivity contribution in [2.45, 2.75) is 19.9 Å². The highest BCUT2D eigenvalue weighted by Gasteiger charge is 2.10. The molecule has 0 aliphatic rings. The summed E-state index contributed by atoms with van der Waals surface area (Å²) in [7, 11) is 0. The number of carboxylic acid groups (broad SMARTS) is 1. The Balaban J connectivity index is 2.86. The Morgan fingerprint density at radius 3 is 2.47 bits per heavy atom. The van der Waals surface area contributed by atoms with Gasteiger partial charge in [0.25, 0.3) is 0 Å². The van der Waals surface area contributed by atoms with Gasteiger partial charge in [0.1, 0.15) is 5.75 Å². The van der Waals surface area contributed by atoms with E-state index >= 15 is 0 Å². The fraction of sp³-hybridized carbons (Fsp3) is 0.273. The number of benzene rings is 1. The lowest BCUT2D eigenvalue weighted by Gasteiger charge is -2.11. The zero-order chi connectivity index (χ0) is 13.0. The first-order valence-corrected chi connectivity index (χ1v) is 5.04. The van der Waals surface area contributed by atoms with Crippen LogP contribution in [0.4, 0.5) is 10.5 Å². The van der Waals surface area contributed by atoms with Gasteiger partial charge >= 0.3 is 12.0 Å². The van der Waals surface area contributed by atoms with Crippen LogP contribution in [0.15, 0.2) is 18.2 Å². The number of amides is 2. The molecule has 1 aromatic carbocycles. The number of hydrogen-bond donors (Lipinski definition) is 4. The normalized spacial score (nSPS) is 10.1. The molecule has 0 saturated carbocycles. The van der Waals surface area contributed by atoms with E-state index < -0.39 is 12.0 Å². The largest absolute Gasteiger partial charge is 0.506 e. The Hall–Kier alpha value is -2.24. The number of nitrogens with one attached hydrogen (secondary N) is 2. The summed E-state index contributed by atoms with van der Waals surface area (Å²) >= 11 is 0. The van der Waals surface area contributed by atoms with E-state index in [1.165, 1.54) is 18.2 Å². The molecule has 0 heterocycles. The Morgan fingerprint density at radius 1 is 1.29 bits per heavy atom. The number of anilines is 1. The zero-order valence-electron chi connectivity index (χ0n) is 9.52. The molecule has 4 N–H and O–H groups in total. The van der Waals surface area contributed by atoms with Crippen LogP contribution in [0.5, 0.6) is 5.75 Å². The van der Waals surface area contributed by atoms with Gasteiger partial charge < -0.3 is 20.8 Å². The molecular formula is C11H14N2O4. The van der Waals surface area contributed by atoms with Crippen LogP contribution >= 0.6 is 0 Å². The predicted octanol–water partition coefficient (Wildman–Crippen LogP) is 1.62. The molecule has 0 aliphatic heterocycles. The Kier molecular flexibility index (Phi) is 3.92. The standard InChI is InChI=1S/C11H14N2O4/c1-6(2)12-11(17)13-8-5-7(10(15)16)3-4-9(8)14/h3-6,14H,1-2H3,(H,15,16)(H2,12,13,17). The molecule has 0 fully saturated rings. The minimum atomic E-state index is -1.13. The highest BCUT2D eigenvalue weighted by atomic mass is 16.4. The second kappa shape index (κ2) is 5.20. The maximum Gasteiger partial charge on any atom is 0.335 e. The van der Waals surface area contributed by atoms with Crippen LogP contribution in [0.2, 0.25) is 0 Å². The Labute approximate surface area is 98.3 Å². The van der Waals surface area contributed by atoms with Gasteiger partial charge in [-0.25, -0.2) is 9.59 Å². The third kappa shape index (κ3) is 3.67. The van der Waals surface area contributed by atoms with Gasteiger partial charge in [-0.2, -0.15) is 0 Å². The molecule has 0 aromatic heterocycles. The molecule has 0 radical (unpaired) electrons. The molecule has 0 aliphatic carbocycles. The highest BCUT2D eigenvalue weighted by molar-refractivity contribution is 5.94. The van der Waals surface area contributed by atoms with Crippen LogP contribution in [0.25, 0.3) is 0 Å². The van der Waals surface area contributed by atoms with E-state index in [1.807, 2.05) is 0 Å². The molecule has 0 unspecified atom stereocenters. The summed E-state index contributed by atoms with van der Waals surface area (Å²) in [5, 5.41) is 23.2. The van der Waals surface area contributed by atoms with Gasteiger partial charge in [-0.1, -0.05) is 0 Å². The molecule has 0 spiro atoms. The van der Waals surface area contributed by atoms with E-state index in [9.17, 15) is 14.7 Å². The van der Waals surface area contributed by atoms with Gasteiger partial charge in [0.2, 0.25) is 0 Å². The average Bonchev–Trinajstić information content (AvgIpc) is 2.19. The number of urea groups is 1. The number of carboxylic acids is 1. The first-order chi connectivity index (χ1) is 7.90. The maximum absolute atomic E-state index is 11.4. The number of carbonyl (C=O) groups excluding carboxylic acids is 1. The van der Waals surface area contributed by atoms with E-state index in [2.05, 4.69) is 10.6 Å². The van der Waals surface area contributed by atoms with Crippen molar-refractivity contribution in [2.75, 3.05) is 5.32 Å². The van der Waals surface area contributed by atoms with E-state index in [1.54, 1.807) is 13.8 Å². The summed E-state index contributed by atoms with van der Waals surface area (Å²) in [6, 6.07) is 3.10. The van der Waals surface area contributed by atoms with Crippen molar-refractivity contribution < 1.29 is 19.8 Å². The predicted molar refractivity (Wildman–Crippen MR) is 62.4 cm³/mol. The maximum atomic E-state index is 11.4. The summed E-state index contributed by atoms with van der Waals surface area (Å²) in [4.78, 5) is 22.1. The molecule has 1 aromatic rings. The monoisotopic (exact) mass is 238 g/mol. The van der Waals surface area contributed by atoms with Crippen LogP contribution < -0.4 is 10.6 Å². The van der Waals surface area contributed by atoms with Crippen LogP contribution in [0.1, 0.15) is 24.2 Å².